The lowest BCUT2D eigenvalue weighted by Crippen LogP contribution is -2.30. The van der Waals surface area contributed by atoms with Gasteiger partial charge in [0.25, 0.3) is 5.91 Å². The van der Waals surface area contributed by atoms with Gasteiger partial charge in [0.05, 0.1) is 6.04 Å². The van der Waals surface area contributed by atoms with Crippen LogP contribution in [0, 0.1) is 0 Å². The van der Waals surface area contributed by atoms with Crippen LogP contribution in [0.3, 0.4) is 0 Å². The number of benzene rings is 2. The minimum Gasteiger partial charge on any atom is -0.361 e. The maximum atomic E-state index is 13.1. The molecule has 1 amide bonds. The van der Waals surface area contributed by atoms with Crippen LogP contribution >= 0.6 is 0 Å². The van der Waals surface area contributed by atoms with Gasteiger partial charge in [0.1, 0.15) is 11.5 Å². The second-order valence-electron chi connectivity index (χ2n) is 7.07. The average Bonchev–Trinajstić information content (AvgIpc) is 3.38. The number of amides is 1. The number of nitrogens with zero attached hydrogens (tertiary/aromatic N) is 2. The van der Waals surface area contributed by atoms with Crippen molar-refractivity contribution in [3.63, 3.8) is 0 Å². The van der Waals surface area contributed by atoms with Crippen molar-refractivity contribution in [1.29, 1.82) is 0 Å². The number of aromatic nitrogens is 1. The molecule has 0 radical (unpaired) electrons. The Morgan fingerprint density at radius 1 is 1.11 bits per heavy atom. The second kappa shape index (κ2) is 7.78. The molecule has 1 aliphatic heterocycles. The quantitative estimate of drug-likeness (QED) is 0.622. The van der Waals surface area contributed by atoms with Crippen molar-refractivity contribution in [3.8, 4) is 11.1 Å². The number of aryl methyl sites for hydroxylation is 1. The van der Waals surface area contributed by atoms with Gasteiger partial charge in [-0.1, -0.05) is 54.5 Å². The Balaban J connectivity index is 1.52. The van der Waals surface area contributed by atoms with E-state index in [4.69, 9.17) is 4.52 Å². The summed E-state index contributed by atoms with van der Waals surface area (Å²) < 4.78 is 5.43. The molecule has 1 aromatic heterocycles. The van der Waals surface area contributed by atoms with Gasteiger partial charge >= 0.3 is 0 Å². The molecular weight excluding hydrogens is 336 g/mol. The van der Waals surface area contributed by atoms with E-state index < -0.39 is 0 Å². The van der Waals surface area contributed by atoms with E-state index in [1.807, 2.05) is 53.4 Å². The minimum absolute atomic E-state index is 0.0145. The van der Waals surface area contributed by atoms with Gasteiger partial charge in [-0.15, -0.1) is 0 Å². The molecule has 0 saturated carbocycles. The molecule has 3 aromatic rings. The van der Waals surface area contributed by atoms with Gasteiger partial charge in [0, 0.05) is 24.6 Å². The monoisotopic (exact) mass is 360 g/mol. The molecule has 4 rings (SSSR count). The predicted octanol–water partition coefficient (Wildman–Crippen LogP) is 5.27. The van der Waals surface area contributed by atoms with Crippen LogP contribution in [0.25, 0.3) is 11.1 Å². The number of hydrogen-bond donors (Lipinski definition) is 0. The third kappa shape index (κ3) is 3.65. The zero-order chi connectivity index (χ0) is 18.6. The van der Waals surface area contributed by atoms with Crippen molar-refractivity contribution < 1.29 is 9.32 Å². The molecule has 138 valence electrons. The molecule has 0 spiro atoms. The third-order valence-electron chi connectivity index (χ3n) is 5.17. The van der Waals surface area contributed by atoms with E-state index >= 15 is 0 Å². The second-order valence-corrected chi connectivity index (χ2v) is 7.07. The van der Waals surface area contributed by atoms with Crippen molar-refractivity contribution in [1.82, 2.24) is 10.1 Å². The Kier molecular flexibility index (Phi) is 5.05. The smallest absolute Gasteiger partial charge is 0.254 e. The first-order chi connectivity index (χ1) is 13.3. The lowest BCUT2D eigenvalue weighted by atomic mass is 10.0. The SMILES string of the molecule is CCCc1cc([C@@H]2CCCN2C(=O)c2ccc(-c3ccccc3)cc2)no1. The molecular formula is C23H24N2O2. The summed E-state index contributed by atoms with van der Waals surface area (Å²) in [6, 6.07) is 20.1. The first-order valence-corrected chi connectivity index (χ1v) is 9.68. The topological polar surface area (TPSA) is 46.3 Å². The molecule has 27 heavy (non-hydrogen) atoms. The van der Waals surface area contributed by atoms with Crippen LogP contribution in [0.1, 0.15) is 54.0 Å². The Morgan fingerprint density at radius 3 is 2.59 bits per heavy atom. The van der Waals surface area contributed by atoms with Crippen LogP contribution in [-0.2, 0) is 6.42 Å². The van der Waals surface area contributed by atoms with E-state index in [1.54, 1.807) is 0 Å². The normalized spacial score (nSPS) is 16.6. The zero-order valence-electron chi connectivity index (χ0n) is 15.6. The Morgan fingerprint density at radius 2 is 1.85 bits per heavy atom. The van der Waals surface area contributed by atoms with Crippen LogP contribution in [-0.4, -0.2) is 22.5 Å². The van der Waals surface area contributed by atoms with E-state index in [-0.39, 0.29) is 11.9 Å². The first-order valence-electron chi connectivity index (χ1n) is 9.68. The summed E-state index contributed by atoms with van der Waals surface area (Å²) in [5.74, 6) is 0.969. The third-order valence-corrected chi connectivity index (χ3v) is 5.17. The number of hydrogen-bond acceptors (Lipinski definition) is 3. The summed E-state index contributed by atoms with van der Waals surface area (Å²) in [6.07, 6.45) is 3.84. The number of carbonyl (C=O) groups is 1. The largest absolute Gasteiger partial charge is 0.361 e. The summed E-state index contributed by atoms with van der Waals surface area (Å²) in [6.45, 7) is 2.88. The molecule has 2 aromatic carbocycles. The lowest BCUT2D eigenvalue weighted by Gasteiger charge is -2.23. The maximum absolute atomic E-state index is 13.1. The van der Waals surface area contributed by atoms with Crippen LogP contribution in [0.2, 0.25) is 0 Å². The number of carbonyl (C=O) groups excluding carboxylic acids is 1. The lowest BCUT2D eigenvalue weighted by molar-refractivity contribution is 0.0731. The Hall–Kier alpha value is -2.88. The predicted molar refractivity (Wildman–Crippen MR) is 105 cm³/mol. The maximum Gasteiger partial charge on any atom is 0.254 e. The fraction of sp³-hybridized carbons (Fsp3) is 0.304. The fourth-order valence-electron chi connectivity index (χ4n) is 3.77. The molecule has 0 unspecified atom stereocenters. The van der Waals surface area contributed by atoms with Gasteiger partial charge < -0.3 is 9.42 Å². The zero-order valence-corrected chi connectivity index (χ0v) is 15.6. The van der Waals surface area contributed by atoms with Gasteiger partial charge in [0.2, 0.25) is 0 Å². The standard InChI is InChI=1S/C23H24N2O2/c1-2-7-20-16-21(24-27-20)22-10-6-15-25(22)23(26)19-13-11-18(12-14-19)17-8-4-3-5-9-17/h3-5,8-9,11-14,16,22H,2,6-7,10,15H2,1H3/t22-/m0/s1. The fourth-order valence-corrected chi connectivity index (χ4v) is 3.77. The first kappa shape index (κ1) is 17.5. The van der Waals surface area contributed by atoms with Crippen LogP contribution < -0.4 is 0 Å². The minimum atomic E-state index is 0.0145. The van der Waals surface area contributed by atoms with Crippen LogP contribution in [0.4, 0.5) is 0 Å². The molecule has 1 saturated heterocycles. The van der Waals surface area contributed by atoms with Gasteiger partial charge in [-0.05, 0) is 42.5 Å². The molecule has 0 N–H and O–H groups in total. The van der Waals surface area contributed by atoms with Crippen LogP contribution in [0.15, 0.2) is 65.2 Å². The van der Waals surface area contributed by atoms with E-state index in [2.05, 4.69) is 24.2 Å². The Labute approximate surface area is 159 Å². The summed E-state index contributed by atoms with van der Waals surface area (Å²) in [7, 11) is 0. The van der Waals surface area contributed by atoms with Crippen molar-refractivity contribution in [2.45, 2.75) is 38.6 Å². The molecule has 2 heterocycles. The Bertz CT molecular complexity index is 900. The van der Waals surface area contributed by atoms with Crippen molar-refractivity contribution in [2.75, 3.05) is 6.54 Å². The van der Waals surface area contributed by atoms with Crippen molar-refractivity contribution in [2.24, 2.45) is 0 Å². The molecule has 1 fully saturated rings. The van der Waals surface area contributed by atoms with E-state index in [9.17, 15) is 4.79 Å². The van der Waals surface area contributed by atoms with E-state index in [0.717, 1.165) is 60.4 Å². The van der Waals surface area contributed by atoms with E-state index in [0.29, 0.717) is 0 Å². The summed E-state index contributed by atoms with van der Waals surface area (Å²) in [4.78, 5) is 15.0. The molecule has 0 aliphatic carbocycles. The van der Waals surface area contributed by atoms with Gasteiger partial charge in [-0.2, -0.15) is 0 Å². The average molecular weight is 360 g/mol. The van der Waals surface area contributed by atoms with Gasteiger partial charge in [-0.25, -0.2) is 0 Å². The molecule has 4 heteroatoms. The highest BCUT2D eigenvalue weighted by Crippen LogP contribution is 2.33. The highest BCUT2D eigenvalue weighted by Gasteiger charge is 2.32. The van der Waals surface area contributed by atoms with Gasteiger partial charge in [-0.3, -0.25) is 4.79 Å². The van der Waals surface area contributed by atoms with Crippen LogP contribution in [0.5, 0.6) is 0 Å². The molecule has 4 nitrogen and oxygen atoms in total. The highest BCUT2D eigenvalue weighted by molar-refractivity contribution is 5.95. The highest BCUT2D eigenvalue weighted by atomic mass is 16.5. The van der Waals surface area contributed by atoms with Crippen molar-refractivity contribution >= 4 is 5.91 Å². The molecule has 1 atom stereocenters. The molecule has 0 bridgehead atoms. The van der Waals surface area contributed by atoms with Gasteiger partial charge in [0.15, 0.2) is 0 Å². The summed E-state index contributed by atoms with van der Waals surface area (Å²) in [5, 5.41) is 4.23. The summed E-state index contributed by atoms with van der Waals surface area (Å²) >= 11 is 0. The van der Waals surface area contributed by atoms with Crippen molar-refractivity contribution in [3.05, 3.63) is 77.7 Å². The number of likely N-dealkylation sites (tertiary alicyclic amines) is 1. The number of rotatable bonds is 5. The molecule has 1 aliphatic rings. The van der Waals surface area contributed by atoms with E-state index in [1.165, 1.54) is 0 Å². The summed E-state index contributed by atoms with van der Waals surface area (Å²) in [5.41, 5.74) is 3.87.